The summed E-state index contributed by atoms with van der Waals surface area (Å²) in [6.45, 7) is 4.92. The summed E-state index contributed by atoms with van der Waals surface area (Å²) in [4.78, 5) is 2.58. The van der Waals surface area contributed by atoms with Gasteiger partial charge in [-0.15, -0.1) is 0 Å². The van der Waals surface area contributed by atoms with E-state index in [1.807, 2.05) is 0 Å². The third-order valence-electron chi connectivity index (χ3n) is 15.0. The summed E-state index contributed by atoms with van der Waals surface area (Å²) < 4.78 is 0. The Bertz CT molecular complexity index is 2340. The molecular formula is C53H53N. The fourth-order valence-electron chi connectivity index (χ4n) is 12.9. The molecule has 0 unspecified atom stereocenters. The fourth-order valence-corrected chi connectivity index (χ4v) is 12.9. The van der Waals surface area contributed by atoms with Crippen molar-refractivity contribution in [2.45, 2.75) is 101 Å². The smallest absolute Gasteiger partial charge is 0.0546 e. The molecule has 0 aliphatic heterocycles. The van der Waals surface area contributed by atoms with E-state index in [-0.39, 0.29) is 5.41 Å². The van der Waals surface area contributed by atoms with E-state index < -0.39 is 0 Å². The van der Waals surface area contributed by atoms with Crippen LogP contribution in [-0.2, 0) is 10.8 Å². The molecule has 0 atom stereocenters. The maximum atomic E-state index is 2.58. The third kappa shape index (κ3) is 5.10. The number of fused-ring (bicyclic) bond motifs is 4. The molecule has 6 aliphatic carbocycles. The lowest BCUT2D eigenvalue weighted by atomic mass is 9.48. The Balaban J connectivity index is 1.09. The molecule has 1 heteroatoms. The Morgan fingerprint density at radius 3 is 1.98 bits per heavy atom. The summed E-state index contributed by atoms with van der Waals surface area (Å²) >= 11 is 0. The van der Waals surface area contributed by atoms with E-state index in [1.54, 1.807) is 11.1 Å². The van der Waals surface area contributed by atoms with E-state index in [0.29, 0.717) is 11.3 Å². The van der Waals surface area contributed by atoms with Gasteiger partial charge in [0.2, 0.25) is 0 Å². The van der Waals surface area contributed by atoms with Gasteiger partial charge in [0.1, 0.15) is 0 Å². The molecule has 0 saturated heterocycles. The van der Waals surface area contributed by atoms with E-state index >= 15 is 0 Å². The van der Waals surface area contributed by atoms with Crippen molar-refractivity contribution in [1.82, 2.24) is 0 Å². The number of hydrogen-bond acceptors (Lipinski definition) is 1. The van der Waals surface area contributed by atoms with Gasteiger partial charge in [-0.2, -0.15) is 0 Å². The molecule has 0 spiro atoms. The molecule has 5 saturated carbocycles. The lowest BCUT2D eigenvalue weighted by Crippen LogP contribution is -2.48. The van der Waals surface area contributed by atoms with Gasteiger partial charge < -0.3 is 4.90 Å². The lowest BCUT2D eigenvalue weighted by Gasteiger charge is -2.57. The molecular weight excluding hydrogens is 651 g/mol. The number of rotatable bonds is 6. The number of benzene rings is 6. The molecule has 12 rings (SSSR count). The predicted molar refractivity (Wildman–Crippen MR) is 227 cm³/mol. The quantitative estimate of drug-likeness (QED) is 0.167. The zero-order valence-electron chi connectivity index (χ0n) is 32.2. The van der Waals surface area contributed by atoms with Gasteiger partial charge in [-0.25, -0.2) is 0 Å². The van der Waals surface area contributed by atoms with Crippen molar-refractivity contribution in [3.8, 4) is 22.3 Å². The third-order valence-corrected chi connectivity index (χ3v) is 15.0. The fraction of sp³-hybridized carbons (Fsp3) is 0.358. The first kappa shape index (κ1) is 32.8. The minimum absolute atomic E-state index is 0.0783. The summed E-state index contributed by atoms with van der Waals surface area (Å²) in [5, 5.41) is 2.57. The van der Waals surface area contributed by atoms with Crippen molar-refractivity contribution in [3.05, 3.63) is 150 Å². The Kier molecular flexibility index (Phi) is 7.56. The van der Waals surface area contributed by atoms with E-state index in [0.717, 1.165) is 17.8 Å². The van der Waals surface area contributed by atoms with Gasteiger partial charge in [0, 0.05) is 22.4 Å². The van der Waals surface area contributed by atoms with E-state index in [2.05, 4.69) is 146 Å². The highest BCUT2D eigenvalue weighted by atomic mass is 15.1. The monoisotopic (exact) mass is 703 g/mol. The molecule has 6 aliphatic rings. The van der Waals surface area contributed by atoms with Crippen molar-refractivity contribution in [3.63, 3.8) is 0 Å². The topological polar surface area (TPSA) is 3.24 Å². The van der Waals surface area contributed by atoms with Crippen LogP contribution in [0.3, 0.4) is 0 Å². The summed E-state index contributed by atoms with van der Waals surface area (Å²) in [7, 11) is 0. The van der Waals surface area contributed by atoms with Gasteiger partial charge in [-0.1, -0.05) is 130 Å². The van der Waals surface area contributed by atoms with Crippen LogP contribution in [-0.4, -0.2) is 0 Å². The summed E-state index contributed by atoms with van der Waals surface area (Å²) in [6.07, 6.45) is 15.4. The highest BCUT2D eigenvalue weighted by Crippen LogP contribution is 2.61. The maximum Gasteiger partial charge on any atom is 0.0546 e. The Morgan fingerprint density at radius 2 is 1.24 bits per heavy atom. The standard InChI is InChI=1S/C53H53N/c1-52(2)47-19-11-18-45(38-12-5-3-6-13-38)51(47)46-26-25-43(31-48(46)52)54(49-27-20-39-14-9-10-17-44(39)50(49)40-15-7-4-8-16-40)42-23-21-41(22-24-42)53-32-35-28-36(33-53)30-37(29-35)34-53/h4,7-11,14-27,31,35-38H,3,5-6,12-13,28-30,32-34H2,1-2H3. The number of nitrogens with zero attached hydrogens (tertiary/aromatic N) is 1. The SMILES string of the molecule is CC1(C)c2cc(N(c3ccc(C45CC6CC(CC(C6)C4)C5)cc3)c3ccc4ccccc4c3-c3ccccc3)ccc2-c2c(C3CCCCC3)cccc21. The van der Waals surface area contributed by atoms with Crippen molar-refractivity contribution in [1.29, 1.82) is 0 Å². The molecule has 1 nitrogen and oxygen atoms in total. The molecule has 270 valence electrons. The van der Waals surface area contributed by atoms with Crippen LogP contribution in [0.2, 0.25) is 0 Å². The normalized spacial score (nSPS) is 25.1. The molecule has 6 aromatic rings. The number of hydrogen-bond donors (Lipinski definition) is 0. The average molecular weight is 704 g/mol. The Hall–Kier alpha value is -4.62. The van der Waals surface area contributed by atoms with E-state index in [4.69, 9.17) is 0 Å². The van der Waals surface area contributed by atoms with Gasteiger partial charge in [0.25, 0.3) is 0 Å². The first-order valence-corrected chi connectivity index (χ1v) is 21.2. The van der Waals surface area contributed by atoms with Crippen LogP contribution >= 0.6 is 0 Å². The summed E-state index contributed by atoms with van der Waals surface area (Å²) in [6, 6.07) is 49.4. The van der Waals surface area contributed by atoms with Gasteiger partial charge in [-0.3, -0.25) is 0 Å². The summed E-state index contributed by atoms with van der Waals surface area (Å²) in [5.74, 6) is 3.49. The minimum atomic E-state index is -0.0783. The predicted octanol–water partition coefficient (Wildman–Crippen LogP) is 14.8. The van der Waals surface area contributed by atoms with Crippen LogP contribution in [0.1, 0.15) is 113 Å². The Labute approximate surface area is 322 Å². The molecule has 0 heterocycles. The largest absolute Gasteiger partial charge is 0.310 e. The van der Waals surface area contributed by atoms with E-state index in [1.165, 1.54) is 132 Å². The van der Waals surface area contributed by atoms with Crippen LogP contribution < -0.4 is 4.90 Å². The molecule has 5 fully saturated rings. The van der Waals surface area contributed by atoms with Crippen LogP contribution in [0.25, 0.3) is 33.0 Å². The van der Waals surface area contributed by atoms with Crippen molar-refractivity contribution in [2.75, 3.05) is 4.90 Å². The minimum Gasteiger partial charge on any atom is -0.310 e. The van der Waals surface area contributed by atoms with Crippen molar-refractivity contribution < 1.29 is 0 Å². The van der Waals surface area contributed by atoms with Crippen LogP contribution in [0.15, 0.2) is 127 Å². The average Bonchev–Trinajstić information content (AvgIpc) is 3.44. The van der Waals surface area contributed by atoms with Crippen LogP contribution in [0.5, 0.6) is 0 Å². The maximum absolute atomic E-state index is 2.58. The van der Waals surface area contributed by atoms with Gasteiger partial charge in [-0.05, 0) is 161 Å². The van der Waals surface area contributed by atoms with Gasteiger partial charge >= 0.3 is 0 Å². The first-order valence-electron chi connectivity index (χ1n) is 21.2. The Morgan fingerprint density at radius 1 is 0.556 bits per heavy atom. The highest BCUT2D eigenvalue weighted by molar-refractivity contribution is 6.05. The second-order valence-corrected chi connectivity index (χ2v) is 18.6. The number of anilines is 3. The second-order valence-electron chi connectivity index (χ2n) is 18.6. The molecule has 0 amide bonds. The molecule has 6 aromatic carbocycles. The molecule has 0 radical (unpaired) electrons. The molecule has 0 N–H and O–H groups in total. The van der Waals surface area contributed by atoms with Gasteiger partial charge in [0.05, 0.1) is 5.69 Å². The molecule has 4 bridgehead atoms. The van der Waals surface area contributed by atoms with Crippen LogP contribution in [0.4, 0.5) is 17.1 Å². The van der Waals surface area contributed by atoms with E-state index in [9.17, 15) is 0 Å². The van der Waals surface area contributed by atoms with Crippen LogP contribution in [0, 0.1) is 17.8 Å². The van der Waals surface area contributed by atoms with Gasteiger partial charge in [0.15, 0.2) is 0 Å². The molecule has 54 heavy (non-hydrogen) atoms. The highest BCUT2D eigenvalue weighted by Gasteiger charge is 2.51. The van der Waals surface area contributed by atoms with Crippen molar-refractivity contribution in [2.24, 2.45) is 17.8 Å². The second kappa shape index (κ2) is 12.5. The van der Waals surface area contributed by atoms with Crippen molar-refractivity contribution >= 4 is 27.8 Å². The zero-order valence-corrected chi connectivity index (χ0v) is 32.2. The first-order chi connectivity index (χ1) is 26.4. The zero-order chi connectivity index (χ0) is 36.0. The lowest BCUT2D eigenvalue weighted by molar-refractivity contribution is -0.00518. The molecule has 0 aromatic heterocycles. The summed E-state index contributed by atoms with van der Waals surface area (Å²) in [5.41, 5.74) is 15.7.